The van der Waals surface area contributed by atoms with E-state index in [1.807, 2.05) is 45.0 Å². The lowest BCUT2D eigenvalue weighted by Gasteiger charge is -2.20. The molecule has 3 aromatic carbocycles. The van der Waals surface area contributed by atoms with Crippen molar-refractivity contribution in [2.45, 2.75) is 27.2 Å². The maximum Gasteiger partial charge on any atom is 0.343 e. The molecule has 42 heavy (non-hydrogen) atoms. The fraction of sp³-hybridized carbons (Fsp3) is 0.364. The summed E-state index contributed by atoms with van der Waals surface area (Å²) in [7, 11) is 1.34. The topological polar surface area (TPSA) is 107 Å². The highest BCUT2D eigenvalue weighted by molar-refractivity contribution is 5.91. The minimum atomic E-state index is -0.482. The Morgan fingerprint density at radius 1 is 0.619 bits per heavy atom. The highest BCUT2D eigenvalue weighted by Crippen LogP contribution is 2.24. The maximum absolute atomic E-state index is 12.6. The summed E-state index contributed by atoms with van der Waals surface area (Å²) in [5.41, 5.74) is 2.22. The first kappa shape index (κ1) is 32.3. The third kappa shape index (κ3) is 10.0. The van der Waals surface area contributed by atoms with Crippen molar-refractivity contribution in [3.8, 4) is 22.6 Å². The van der Waals surface area contributed by atoms with Gasteiger partial charge in [-0.2, -0.15) is 0 Å². The van der Waals surface area contributed by atoms with Crippen molar-refractivity contribution in [2.24, 2.45) is 5.41 Å². The van der Waals surface area contributed by atoms with Crippen LogP contribution in [0.3, 0.4) is 0 Å². The highest BCUT2D eigenvalue weighted by atomic mass is 16.6. The summed E-state index contributed by atoms with van der Waals surface area (Å²) in [5, 5.41) is 0. The number of carbonyl (C=O) groups is 3. The van der Waals surface area contributed by atoms with Crippen molar-refractivity contribution in [3.63, 3.8) is 0 Å². The molecule has 9 nitrogen and oxygen atoms in total. The first-order chi connectivity index (χ1) is 20.2. The van der Waals surface area contributed by atoms with Crippen molar-refractivity contribution < 1.29 is 42.8 Å². The monoisotopic (exact) mass is 578 g/mol. The molecule has 3 aromatic rings. The second-order valence-electron chi connectivity index (χ2n) is 9.95. The minimum absolute atomic E-state index is 0.219. The largest absolute Gasteiger partial charge is 0.491 e. The average Bonchev–Trinajstić information content (AvgIpc) is 3.02. The molecule has 0 aliphatic rings. The van der Waals surface area contributed by atoms with Gasteiger partial charge in [-0.25, -0.2) is 9.59 Å². The summed E-state index contributed by atoms with van der Waals surface area (Å²) in [4.78, 5) is 36.0. The van der Waals surface area contributed by atoms with Gasteiger partial charge in [-0.3, -0.25) is 4.79 Å². The van der Waals surface area contributed by atoms with Gasteiger partial charge in [0.25, 0.3) is 0 Å². The molecule has 9 heteroatoms. The van der Waals surface area contributed by atoms with E-state index in [1.165, 1.54) is 7.11 Å². The van der Waals surface area contributed by atoms with Crippen molar-refractivity contribution in [2.75, 3.05) is 46.8 Å². The smallest absolute Gasteiger partial charge is 0.343 e. The number of benzene rings is 3. The van der Waals surface area contributed by atoms with Crippen LogP contribution in [0.4, 0.5) is 0 Å². The standard InChI is InChI=1S/C33H38O9/c1-5-33(2,3)32(36)41-23-21-39-19-18-38-20-22-40-28-14-12-27(13-15-28)31(35)42-29-16-10-25(11-17-29)24-6-8-26(9-7-24)30(34)37-4/h6-17H,5,18-23H2,1-4H3. The van der Waals surface area contributed by atoms with Crippen LogP contribution in [0, 0.1) is 5.41 Å². The summed E-state index contributed by atoms with van der Waals surface area (Å²) in [5.74, 6) is -0.0760. The van der Waals surface area contributed by atoms with E-state index in [2.05, 4.69) is 0 Å². The second kappa shape index (κ2) is 16.3. The Morgan fingerprint density at radius 2 is 1.10 bits per heavy atom. The van der Waals surface area contributed by atoms with Crippen molar-refractivity contribution >= 4 is 17.9 Å². The van der Waals surface area contributed by atoms with Crippen LogP contribution in [0.2, 0.25) is 0 Å². The zero-order valence-electron chi connectivity index (χ0n) is 24.6. The number of hydrogen-bond donors (Lipinski definition) is 0. The van der Waals surface area contributed by atoms with Crippen molar-refractivity contribution in [1.29, 1.82) is 0 Å². The summed E-state index contributed by atoms with van der Waals surface area (Å²) in [6.45, 7) is 7.69. The SMILES string of the molecule is CCC(C)(C)C(=O)OCCOCCOCCOc1ccc(C(=O)Oc2ccc(-c3ccc(C(=O)OC)cc3)cc2)cc1. The van der Waals surface area contributed by atoms with Crippen LogP contribution >= 0.6 is 0 Å². The summed E-state index contributed by atoms with van der Waals surface area (Å²) >= 11 is 0. The lowest BCUT2D eigenvalue weighted by atomic mass is 9.91. The summed E-state index contributed by atoms with van der Waals surface area (Å²) in [6, 6.07) is 20.8. The molecule has 0 saturated carbocycles. The zero-order chi connectivity index (χ0) is 30.4. The molecule has 0 heterocycles. The lowest BCUT2D eigenvalue weighted by molar-refractivity contribution is -0.155. The Morgan fingerprint density at radius 3 is 1.67 bits per heavy atom. The molecule has 3 rings (SSSR count). The van der Waals surface area contributed by atoms with E-state index in [9.17, 15) is 14.4 Å². The van der Waals surface area contributed by atoms with Gasteiger partial charge in [0, 0.05) is 0 Å². The minimum Gasteiger partial charge on any atom is -0.491 e. The van der Waals surface area contributed by atoms with Gasteiger partial charge in [0.05, 0.1) is 50.1 Å². The molecule has 0 radical (unpaired) electrons. The number of carbonyl (C=O) groups excluding carboxylic acids is 3. The molecule has 0 unspecified atom stereocenters. The molecule has 0 fully saturated rings. The van der Waals surface area contributed by atoms with E-state index in [0.29, 0.717) is 55.7 Å². The fourth-order valence-corrected chi connectivity index (χ4v) is 3.56. The van der Waals surface area contributed by atoms with Crippen LogP contribution in [0.1, 0.15) is 47.9 Å². The van der Waals surface area contributed by atoms with Crippen LogP contribution < -0.4 is 9.47 Å². The van der Waals surface area contributed by atoms with E-state index >= 15 is 0 Å². The van der Waals surface area contributed by atoms with Crippen LogP contribution in [0.5, 0.6) is 11.5 Å². The molecule has 0 bridgehead atoms. The Balaban J connectivity index is 1.31. The number of rotatable bonds is 16. The fourth-order valence-electron chi connectivity index (χ4n) is 3.56. The van der Waals surface area contributed by atoms with Crippen LogP contribution in [-0.2, 0) is 23.7 Å². The van der Waals surface area contributed by atoms with E-state index in [-0.39, 0.29) is 18.5 Å². The van der Waals surface area contributed by atoms with E-state index in [4.69, 9.17) is 28.4 Å². The second-order valence-corrected chi connectivity index (χ2v) is 9.95. The highest BCUT2D eigenvalue weighted by Gasteiger charge is 2.26. The van der Waals surface area contributed by atoms with Gasteiger partial charge in [0.15, 0.2) is 0 Å². The van der Waals surface area contributed by atoms with Gasteiger partial charge >= 0.3 is 17.9 Å². The van der Waals surface area contributed by atoms with Gasteiger partial charge < -0.3 is 28.4 Å². The summed E-state index contributed by atoms with van der Waals surface area (Å²) < 4.78 is 32.0. The quantitative estimate of drug-likeness (QED) is 0.119. The molecular formula is C33H38O9. The van der Waals surface area contributed by atoms with Gasteiger partial charge in [-0.15, -0.1) is 0 Å². The molecule has 0 spiro atoms. The molecule has 0 atom stereocenters. The number of hydrogen-bond acceptors (Lipinski definition) is 9. The predicted octanol–water partition coefficient (Wildman–Crippen LogP) is 5.75. The van der Waals surface area contributed by atoms with Crippen molar-refractivity contribution in [1.82, 2.24) is 0 Å². The molecule has 224 valence electrons. The summed E-state index contributed by atoms with van der Waals surface area (Å²) in [6.07, 6.45) is 0.717. The van der Waals surface area contributed by atoms with E-state index < -0.39 is 11.4 Å². The van der Waals surface area contributed by atoms with E-state index in [1.54, 1.807) is 48.5 Å². The Bertz CT molecular complexity index is 1280. The molecule has 0 amide bonds. The zero-order valence-corrected chi connectivity index (χ0v) is 24.6. The molecule has 0 saturated heterocycles. The first-order valence-electron chi connectivity index (χ1n) is 13.8. The molecule has 0 aromatic heterocycles. The third-order valence-electron chi connectivity index (χ3n) is 6.56. The van der Waals surface area contributed by atoms with Crippen LogP contribution in [-0.4, -0.2) is 64.7 Å². The van der Waals surface area contributed by atoms with Gasteiger partial charge in [-0.05, 0) is 79.9 Å². The van der Waals surface area contributed by atoms with Crippen LogP contribution in [0.25, 0.3) is 11.1 Å². The predicted molar refractivity (Wildman–Crippen MR) is 157 cm³/mol. The number of methoxy groups -OCH3 is 1. The van der Waals surface area contributed by atoms with Gasteiger partial charge in [-0.1, -0.05) is 31.2 Å². The molecule has 0 N–H and O–H groups in total. The lowest BCUT2D eigenvalue weighted by Crippen LogP contribution is -2.27. The number of ether oxygens (including phenoxy) is 6. The first-order valence-corrected chi connectivity index (χ1v) is 13.8. The third-order valence-corrected chi connectivity index (χ3v) is 6.56. The molecule has 0 aliphatic carbocycles. The maximum atomic E-state index is 12.6. The molecular weight excluding hydrogens is 540 g/mol. The van der Waals surface area contributed by atoms with Gasteiger partial charge in [0.1, 0.15) is 24.7 Å². The van der Waals surface area contributed by atoms with Gasteiger partial charge in [0.2, 0.25) is 0 Å². The Labute approximate surface area is 246 Å². The van der Waals surface area contributed by atoms with E-state index in [0.717, 1.165) is 17.5 Å². The normalized spacial score (nSPS) is 11.0. The van der Waals surface area contributed by atoms with Crippen LogP contribution in [0.15, 0.2) is 72.8 Å². The Kier molecular flexibility index (Phi) is 12.5. The average molecular weight is 579 g/mol. The van der Waals surface area contributed by atoms with Crippen molar-refractivity contribution in [3.05, 3.63) is 83.9 Å². The Hall–Kier alpha value is -4.21. The number of esters is 3. The molecule has 0 aliphatic heterocycles.